The van der Waals surface area contributed by atoms with E-state index in [4.69, 9.17) is 14.2 Å². The van der Waals surface area contributed by atoms with Crippen LogP contribution in [0.15, 0.2) is 48.6 Å². The highest BCUT2D eigenvalue weighted by molar-refractivity contribution is 5.71. The lowest BCUT2D eigenvalue weighted by Gasteiger charge is -2.18. The smallest absolute Gasteiger partial charge is 0.306 e. The molecule has 0 aliphatic carbocycles. The topological polar surface area (TPSA) is 78.9 Å². The van der Waals surface area contributed by atoms with Gasteiger partial charge in [-0.1, -0.05) is 211 Å². The summed E-state index contributed by atoms with van der Waals surface area (Å²) in [6.07, 6.45) is 56.7. The molecule has 0 rings (SSSR count). The number of allylic oxidation sites excluding steroid dienone is 8. The van der Waals surface area contributed by atoms with Gasteiger partial charge in [0.05, 0.1) is 0 Å². The highest BCUT2D eigenvalue weighted by Gasteiger charge is 2.19. The Morgan fingerprint density at radius 2 is 0.661 bits per heavy atom. The Morgan fingerprint density at radius 1 is 0.356 bits per heavy atom. The van der Waals surface area contributed by atoms with Gasteiger partial charge in [0, 0.05) is 19.3 Å². The Kier molecular flexibility index (Phi) is 45.9. The third kappa shape index (κ3) is 46.3. The fourth-order valence-corrected chi connectivity index (χ4v) is 7.11. The van der Waals surface area contributed by atoms with Gasteiger partial charge in [-0.15, -0.1) is 0 Å². The second-order valence-electron chi connectivity index (χ2n) is 16.7. The first-order valence-electron chi connectivity index (χ1n) is 25.1. The monoisotopic (exact) mass is 827 g/mol. The number of ether oxygens (including phenoxy) is 3. The summed E-state index contributed by atoms with van der Waals surface area (Å²) in [7, 11) is 0. The van der Waals surface area contributed by atoms with Crippen molar-refractivity contribution >= 4 is 17.9 Å². The molecule has 6 heteroatoms. The number of esters is 3. The Hall–Kier alpha value is -2.63. The molecule has 6 nitrogen and oxygen atoms in total. The molecule has 0 saturated carbocycles. The first kappa shape index (κ1) is 56.4. The molecule has 0 fully saturated rings. The molecule has 0 aliphatic heterocycles. The summed E-state index contributed by atoms with van der Waals surface area (Å²) >= 11 is 0. The van der Waals surface area contributed by atoms with Crippen molar-refractivity contribution in [1.82, 2.24) is 0 Å². The van der Waals surface area contributed by atoms with Crippen LogP contribution in [0.3, 0.4) is 0 Å². The Bertz CT molecular complexity index is 1040. The summed E-state index contributed by atoms with van der Waals surface area (Å²) in [4.78, 5) is 37.9. The molecule has 342 valence electrons. The summed E-state index contributed by atoms with van der Waals surface area (Å²) in [5.74, 6) is -0.896. The number of hydrogen-bond acceptors (Lipinski definition) is 6. The van der Waals surface area contributed by atoms with Crippen LogP contribution in [0.4, 0.5) is 0 Å². The minimum atomic E-state index is -0.779. The van der Waals surface area contributed by atoms with E-state index in [1.54, 1.807) is 0 Å². The molecule has 0 aromatic carbocycles. The van der Waals surface area contributed by atoms with Crippen molar-refractivity contribution in [2.45, 2.75) is 258 Å². The van der Waals surface area contributed by atoms with Crippen LogP contribution in [-0.4, -0.2) is 37.2 Å². The van der Waals surface area contributed by atoms with Crippen LogP contribution >= 0.6 is 0 Å². The molecule has 0 amide bonds. The molecular weight excluding hydrogens is 733 g/mol. The number of carbonyl (C=O) groups is 3. The van der Waals surface area contributed by atoms with Gasteiger partial charge in [-0.05, 0) is 70.6 Å². The lowest BCUT2D eigenvalue weighted by molar-refractivity contribution is -0.167. The Balaban J connectivity index is 4.37. The van der Waals surface area contributed by atoms with Gasteiger partial charge < -0.3 is 14.2 Å². The van der Waals surface area contributed by atoms with Crippen molar-refractivity contribution in [3.05, 3.63) is 48.6 Å². The molecule has 1 atom stereocenters. The predicted octanol–water partition coefficient (Wildman–Crippen LogP) is 16.3. The van der Waals surface area contributed by atoms with Crippen molar-refractivity contribution in [1.29, 1.82) is 0 Å². The Labute approximate surface area is 365 Å². The van der Waals surface area contributed by atoms with E-state index in [2.05, 4.69) is 69.4 Å². The van der Waals surface area contributed by atoms with Crippen LogP contribution in [0.5, 0.6) is 0 Å². The van der Waals surface area contributed by atoms with Crippen LogP contribution in [0.25, 0.3) is 0 Å². The Morgan fingerprint density at radius 3 is 1.02 bits per heavy atom. The van der Waals surface area contributed by atoms with Crippen molar-refractivity contribution < 1.29 is 28.6 Å². The van der Waals surface area contributed by atoms with Gasteiger partial charge in [0.25, 0.3) is 0 Å². The lowest BCUT2D eigenvalue weighted by atomic mass is 10.0. The van der Waals surface area contributed by atoms with Gasteiger partial charge in [-0.25, -0.2) is 0 Å². The summed E-state index contributed by atoms with van der Waals surface area (Å²) in [5, 5.41) is 0. The number of unbranched alkanes of at least 4 members (excludes halogenated alkanes) is 26. The van der Waals surface area contributed by atoms with Gasteiger partial charge in [-0.3, -0.25) is 14.4 Å². The maximum atomic E-state index is 12.8. The third-order valence-corrected chi connectivity index (χ3v) is 10.8. The largest absolute Gasteiger partial charge is 0.462 e. The lowest BCUT2D eigenvalue weighted by Crippen LogP contribution is -2.30. The van der Waals surface area contributed by atoms with Gasteiger partial charge in [-0.2, -0.15) is 0 Å². The van der Waals surface area contributed by atoms with Crippen LogP contribution < -0.4 is 0 Å². The van der Waals surface area contributed by atoms with Crippen LogP contribution in [0.2, 0.25) is 0 Å². The van der Waals surface area contributed by atoms with Crippen LogP contribution in [-0.2, 0) is 28.6 Å². The molecule has 0 radical (unpaired) electrons. The minimum Gasteiger partial charge on any atom is -0.462 e. The molecule has 0 bridgehead atoms. The first-order valence-corrected chi connectivity index (χ1v) is 25.1. The van der Waals surface area contributed by atoms with Gasteiger partial charge in [0.2, 0.25) is 0 Å². The van der Waals surface area contributed by atoms with Crippen molar-refractivity contribution in [3.8, 4) is 0 Å². The van der Waals surface area contributed by atoms with Crippen molar-refractivity contribution in [3.63, 3.8) is 0 Å². The normalized spacial score (nSPS) is 12.4. The van der Waals surface area contributed by atoms with Crippen LogP contribution in [0.1, 0.15) is 252 Å². The molecule has 0 N–H and O–H groups in total. The molecule has 0 spiro atoms. The van der Waals surface area contributed by atoms with Crippen molar-refractivity contribution in [2.24, 2.45) is 0 Å². The summed E-state index contributed by atoms with van der Waals surface area (Å²) in [6, 6.07) is 0. The fraction of sp³-hybridized carbons (Fsp3) is 0.792. The average Bonchev–Trinajstić information content (AvgIpc) is 3.23. The zero-order valence-corrected chi connectivity index (χ0v) is 39.0. The SMILES string of the molecule is CC/C=C\C/C=C\CCCCCCCCCC(=O)OC(COC(=O)CCCCCCC/C=C\C/C=C\CC)COC(=O)CCCCCCCCCCCCCCCCC. The maximum Gasteiger partial charge on any atom is 0.306 e. The molecule has 0 aromatic heterocycles. The standard InChI is InChI=1S/C53H94O6/c1-4-7-10-13-16-19-22-25-27-29-31-34-37-40-43-46-52(55)58-49-50(48-57-51(54)45-42-39-36-33-30-24-21-18-15-12-9-6-3)59-53(56)47-44-41-38-35-32-28-26-23-20-17-14-11-8-5-2/h8-9,11-12,17-18,20-21,50H,4-7,10,13-16,19,22-49H2,1-3H3/b11-8-,12-9-,20-17-,21-18-. The van der Waals surface area contributed by atoms with Gasteiger partial charge >= 0.3 is 17.9 Å². The summed E-state index contributed by atoms with van der Waals surface area (Å²) in [6.45, 7) is 6.42. The number of carbonyl (C=O) groups excluding carboxylic acids is 3. The molecule has 59 heavy (non-hydrogen) atoms. The van der Waals surface area contributed by atoms with Gasteiger partial charge in [0.15, 0.2) is 6.10 Å². The highest BCUT2D eigenvalue weighted by Crippen LogP contribution is 2.15. The highest BCUT2D eigenvalue weighted by atomic mass is 16.6. The molecule has 0 saturated heterocycles. The molecule has 0 aromatic rings. The van der Waals surface area contributed by atoms with E-state index in [0.29, 0.717) is 19.3 Å². The predicted molar refractivity (Wildman–Crippen MR) is 252 cm³/mol. The van der Waals surface area contributed by atoms with E-state index in [0.717, 1.165) is 103 Å². The fourth-order valence-electron chi connectivity index (χ4n) is 7.11. The second kappa shape index (κ2) is 48.0. The molecular formula is C53H94O6. The molecule has 0 aliphatic rings. The van der Waals surface area contributed by atoms with E-state index < -0.39 is 6.10 Å². The van der Waals surface area contributed by atoms with E-state index in [1.807, 2.05) is 0 Å². The van der Waals surface area contributed by atoms with E-state index in [1.165, 1.54) is 109 Å². The molecule has 1 unspecified atom stereocenters. The summed E-state index contributed by atoms with van der Waals surface area (Å²) in [5.41, 5.74) is 0. The van der Waals surface area contributed by atoms with Crippen molar-refractivity contribution in [2.75, 3.05) is 13.2 Å². The minimum absolute atomic E-state index is 0.0788. The zero-order valence-electron chi connectivity index (χ0n) is 39.0. The molecule has 0 heterocycles. The number of rotatable bonds is 45. The quantitative estimate of drug-likeness (QED) is 0.0263. The average molecular weight is 827 g/mol. The van der Waals surface area contributed by atoms with Crippen LogP contribution in [0, 0.1) is 0 Å². The van der Waals surface area contributed by atoms with E-state index in [9.17, 15) is 14.4 Å². The number of hydrogen-bond donors (Lipinski definition) is 0. The van der Waals surface area contributed by atoms with E-state index in [-0.39, 0.29) is 31.1 Å². The first-order chi connectivity index (χ1) is 29.0. The van der Waals surface area contributed by atoms with Gasteiger partial charge in [0.1, 0.15) is 13.2 Å². The van der Waals surface area contributed by atoms with E-state index >= 15 is 0 Å². The maximum absolute atomic E-state index is 12.8. The summed E-state index contributed by atoms with van der Waals surface area (Å²) < 4.78 is 16.8. The third-order valence-electron chi connectivity index (χ3n) is 10.8. The zero-order chi connectivity index (χ0) is 43.0. The second-order valence-corrected chi connectivity index (χ2v) is 16.7.